The summed E-state index contributed by atoms with van der Waals surface area (Å²) < 4.78 is 6.99. The van der Waals surface area contributed by atoms with Crippen molar-refractivity contribution in [1.82, 2.24) is 19.9 Å². The Bertz CT molecular complexity index is 1560. The number of aromatic nitrogens is 3. The van der Waals surface area contributed by atoms with Crippen molar-refractivity contribution in [3.05, 3.63) is 58.9 Å². The number of ether oxygens (including phenoxy) is 1. The van der Waals surface area contributed by atoms with Gasteiger partial charge in [-0.3, -0.25) is 9.88 Å². The van der Waals surface area contributed by atoms with Crippen LogP contribution in [0.25, 0.3) is 32.0 Å². The fraction of sp³-hybridized carbons (Fsp3) is 0.419. The number of halogens is 1. The number of fused-ring (bicyclic) bond motifs is 1. The fourth-order valence-electron chi connectivity index (χ4n) is 5.23. The summed E-state index contributed by atoms with van der Waals surface area (Å²) in [4.78, 5) is 31.8. The molecule has 1 fully saturated rings. The molecule has 0 unspecified atom stereocenters. The van der Waals surface area contributed by atoms with Gasteiger partial charge in [-0.25, -0.2) is 14.8 Å². The number of aliphatic carboxylic acids is 1. The molecule has 41 heavy (non-hydrogen) atoms. The molecule has 0 amide bonds. The van der Waals surface area contributed by atoms with E-state index in [9.17, 15) is 9.90 Å². The summed E-state index contributed by atoms with van der Waals surface area (Å²) in [5.41, 5.74) is 3.83. The zero-order valence-electron chi connectivity index (χ0n) is 24.3. The minimum atomic E-state index is -1.16. The number of benzene rings is 2. The van der Waals surface area contributed by atoms with Gasteiger partial charge < -0.3 is 14.7 Å². The molecule has 1 aliphatic rings. The molecule has 5 rings (SSSR count). The number of rotatable bonds is 7. The van der Waals surface area contributed by atoms with E-state index in [-0.39, 0.29) is 0 Å². The average Bonchev–Trinajstić information content (AvgIpc) is 3.35. The van der Waals surface area contributed by atoms with Crippen LogP contribution >= 0.6 is 22.9 Å². The predicted molar refractivity (Wildman–Crippen MR) is 166 cm³/mol. The van der Waals surface area contributed by atoms with E-state index < -0.39 is 17.7 Å². The number of nitrogens with zero attached hydrogens (tertiary/aromatic N) is 5. The fourth-order valence-corrected chi connectivity index (χ4v) is 6.43. The predicted octanol–water partition coefficient (Wildman–Crippen LogP) is 6.85. The van der Waals surface area contributed by atoms with E-state index in [1.54, 1.807) is 6.20 Å². The largest absolute Gasteiger partial charge is 0.479 e. The number of anilines is 1. The van der Waals surface area contributed by atoms with Gasteiger partial charge >= 0.3 is 5.97 Å². The normalized spacial score (nSPS) is 15.6. The van der Waals surface area contributed by atoms with Crippen LogP contribution in [0.4, 0.5) is 5.82 Å². The van der Waals surface area contributed by atoms with Gasteiger partial charge in [-0.2, -0.15) is 0 Å². The third kappa shape index (κ3) is 6.38. The van der Waals surface area contributed by atoms with E-state index in [0.29, 0.717) is 22.3 Å². The highest BCUT2D eigenvalue weighted by Crippen LogP contribution is 2.44. The van der Waals surface area contributed by atoms with Gasteiger partial charge in [0.1, 0.15) is 16.5 Å². The van der Waals surface area contributed by atoms with E-state index in [2.05, 4.69) is 28.6 Å². The first kappa shape index (κ1) is 29.4. The lowest BCUT2D eigenvalue weighted by atomic mass is 9.91. The van der Waals surface area contributed by atoms with Crippen molar-refractivity contribution in [2.75, 3.05) is 31.1 Å². The molecular weight excluding hydrogens is 558 g/mol. The Labute approximate surface area is 250 Å². The molecule has 1 aliphatic heterocycles. The maximum absolute atomic E-state index is 12.6. The molecule has 0 spiro atoms. The maximum atomic E-state index is 12.6. The number of carbonyl (C=O) groups is 1. The Kier molecular flexibility index (Phi) is 8.34. The molecule has 2 aromatic carbocycles. The van der Waals surface area contributed by atoms with Gasteiger partial charge in [0, 0.05) is 48.4 Å². The van der Waals surface area contributed by atoms with Crippen LogP contribution in [0.3, 0.4) is 0 Å². The molecule has 4 aromatic rings. The van der Waals surface area contributed by atoms with Gasteiger partial charge in [0.25, 0.3) is 0 Å². The van der Waals surface area contributed by atoms with Gasteiger partial charge in [0.2, 0.25) is 0 Å². The minimum absolute atomic E-state index is 0.523. The van der Waals surface area contributed by atoms with Crippen LogP contribution in [0, 0.1) is 6.92 Å². The van der Waals surface area contributed by atoms with Crippen LogP contribution in [-0.4, -0.2) is 68.7 Å². The van der Waals surface area contributed by atoms with Gasteiger partial charge in [-0.15, -0.1) is 11.3 Å². The van der Waals surface area contributed by atoms with Crippen LogP contribution in [0.15, 0.2) is 42.7 Å². The number of thiazole rings is 1. The standard InChI is InChI=1S/C31H36ClN5O3S/c1-18(2)36-11-13-37(14-12-36)24-17-33-16-23(34-24)29-35-22-15-19(3)25(27(30(38)39)40-31(4,5)6)26(28(22)41-29)20-7-9-21(32)10-8-20/h7-10,15-18,27H,11-14H2,1-6H3,(H,38,39)/t27-/m0/s1. The summed E-state index contributed by atoms with van der Waals surface area (Å²) in [6, 6.07) is 9.90. The quantitative estimate of drug-likeness (QED) is 0.249. The van der Waals surface area contributed by atoms with Gasteiger partial charge in [0.05, 0.1) is 28.2 Å². The zero-order chi connectivity index (χ0) is 29.5. The Morgan fingerprint density at radius 3 is 2.37 bits per heavy atom. The van der Waals surface area contributed by atoms with Crippen LogP contribution < -0.4 is 4.90 Å². The van der Waals surface area contributed by atoms with Gasteiger partial charge in [-0.05, 0) is 70.9 Å². The molecule has 0 radical (unpaired) electrons. The van der Waals surface area contributed by atoms with Crippen molar-refractivity contribution in [3.63, 3.8) is 0 Å². The summed E-state index contributed by atoms with van der Waals surface area (Å²) in [5, 5.41) is 11.6. The van der Waals surface area contributed by atoms with Crippen molar-refractivity contribution < 1.29 is 14.6 Å². The Morgan fingerprint density at radius 1 is 1.07 bits per heavy atom. The van der Waals surface area contributed by atoms with E-state index in [1.165, 1.54) is 11.3 Å². The monoisotopic (exact) mass is 593 g/mol. The lowest BCUT2D eigenvalue weighted by Gasteiger charge is -2.37. The van der Waals surface area contributed by atoms with Gasteiger partial charge in [0.15, 0.2) is 6.10 Å². The molecule has 0 aliphatic carbocycles. The van der Waals surface area contributed by atoms with Crippen molar-refractivity contribution in [2.24, 2.45) is 0 Å². The highest BCUT2D eigenvalue weighted by Gasteiger charge is 2.32. The summed E-state index contributed by atoms with van der Waals surface area (Å²) in [6.45, 7) is 15.7. The first-order valence-corrected chi connectivity index (χ1v) is 15.0. The first-order chi connectivity index (χ1) is 19.4. The second-order valence-electron chi connectivity index (χ2n) is 11.7. The lowest BCUT2D eigenvalue weighted by Crippen LogP contribution is -2.49. The molecule has 1 saturated heterocycles. The number of carboxylic acids is 1. The molecule has 3 heterocycles. The Morgan fingerprint density at radius 2 is 1.76 bits per heavy atom. The third-order valence-corrected chi connectivity index (χ3v) is 8.59. The summed E-state index contributed by atoms with van der Waals surface area (Å²) in [5.74, 6) is -0.206. The number of hydrogen-bond donors (Lipinski definition) is 1. The number of piperazine rings is 1. The molecule has 2 aromatic heterocycles. The summed E-state index contributed by atoms with van der Waals surface area (Å²) >= 11 is 7.71. The molecule has 0 saturated carbocycles. The summed E-state index contributed by atoms with van der Waals surface area (Å²) in [6.07, 6.45) is 2.39. The van der Waals surface area contributed by atoms with E-state index in [4.69, 9.17) is 26.3 Å². The smallest absolute Gasteiger partial charge is 0.337 e. The van der Waals surface area contributed by atoms with Crippen molar-refractivity contribution in [1.29, 1.82) is 0 Å². The molecular formula is C31H36ClN5O3S. The Balaban J connectivity index is 1.62. The number of carboxylic acid groups (broad SMARTS) is 1. The van der Waals surface area contributed by atoms with Gasteiger partial charge in [-0.1, -0.05) is 23.7 Å². The highest BCUT2D eigenvalue weighted by atomic mass is 35.5. The van der Waals surface area contributed by atoms with Crippen LogP contribution in [0.2, 0.25) is 5.02 Å². The van der Waals surface area contributed by atoms with Crippen LogP contribution in [0.5, 0.6) is 0 Å². The molecule has 0 bridgehead atoms. The second-order valence-corrected chi connectivity index (χ2v) is 13.1. The topological polar surface area (TPSA) is 91.7 Å². The van der Waals surface area contributed by atoms with Crippen LogP contribution in [-0.2, 0) is 9.53 Å². The lowest BCUT2D eigenvalue weighted by molar-refractivity contribution is -0.160. The summed E-state index contributed by atoms with van der Waals surface area (Å²) in [7, 11) is 0. The first-order valence-electron chi connectivity index (χ1n) is 13.8. The maximum Gasteiger partial charge on any atom is 0.337 e. The zero-order valence-corrected chi connectivity index (χ0v) is 25.9. The van der Waals surface area contributed by atoms with Crippen molar-refractivity contribution >= 4 is 44.9 Å². The van der Waals surface area contributed by atoms with Crippen molar-refractivity contribution in [3.8, 4) is 21.8 Å². The van der Waals surface area contributed by atoms with E-state index in [0.717, 1.165) is 63.9 Å². The van der Waals surface area contributed by atoms with Crippen molar-refractivity contribution in [2.45, 2.75) is 59.3 Å². The van der Waals surface area contributed by atoms with E-state index >= 15 is 0 Å². The SMILES string of the molecule is Cc1cc2nc(-c3cncc(N4CCN(C(C)C)CC4)n3)sc2c(-c2ccc(Cl)cc2)c1[C@H](OC(C)(C)C)C(=O)O. The molecule has 1 N–H and O–H groups in total. The number of aryl methyl sites for hydroxylation is 1. The third-order valence-electron chi connectivity index (χ3n) is 7.23. The Hall–Kier alpha value is -3.11. The van der Waals surface area contributed by atoms with Crippen LogP contribution in [0.1, 0.15) is 51.8 Å². The molecule has 8 nitrogen and oxygen atoms in total. The molecule has 10 heteroatoms. The number of hydrogen-bond acceptors (Lipinski definition) is 8. The molecule has 1 atom stereocenters. The second kappa shape index (κ2) is 11.6. The van der Waals surface area contributed by atoms with E-state index in [1.807, 2.05) is 64.2 Å². The molecule has 216 valence electrons. The highest BCUT2D eigenvalue weighted by molar-refractivity contribution is 7.22. The minimum Gasteiger partial charge on any atom is -0.479 e. The average molecular weight is 594 g/mol.